The predicted molar refractivity (Wildman–Crippen MR) is 65.4 cm³/mol. The molecule has 7 heteroatoms. The molecule has 0 unspecified atom stereocenters. The fourth-order valence-electron chi connectivity index (χ4n) is 0.991. The van der Waals surface area contributed by atoms with Crippen molar-refractivity contribution in [2.24, 2.45) is 5.73 Å². The lowest BCUT2D eigenvalue weighted by Gasteiger charge is -2.08. The number of nitrogens with two attached hydrogens (primary N) is 1. The van der Waals surface area contributed by atoms with Crippen LogP contribution in [0, 0.1) is 5.82 Å². The van der Waals surface area contributed by atoms with Crippen LogP contribution in [0.5, 0.6) is 0 Å². The summed E-state index contributed by atoms with van der Waals surface area (Å²) in [7, 11) is -3.48. The number of sulfonamides is 1. The minimum absolute atomic E-state index is 0.0591. The van der Waals surface area contributed by atoms with E-state index in [0.717, 1.165) is 6.07 Å². The van der Waals surface area contributed by atoms with Gasteiger partial charge in [-0.3, -0.25) is 4.72 Å². The molecule has 0 bridgehead atoms. The zero-order valence-corrected chi connectivity index (χ0v) is 10.2. The van der Waals surface area contributed by atoms with E-state index in [9.17, 15) is 12.8 Å². The maximum absolute atomic E-state index is 13.4. The number of nitrogens with one attached hydrogen (secondary N) is 1. The molecule has 0 spiro atoms. The van der Waals surface area contributed by atoms with Gasteiger partial charge in [-0.2, -0.15) is 0 Å². The Morgan fingerprint density at radius 1 is 1.56 bits per heavy atom. The van der Waals surface area contributed by atoms with E-state index in [1.807, 2.05) is 0 Å². The standard InChI is InChI=1S/C9H11FN2O2S2/c1-2-16(13,14)12-8-4-3-6(9(11)15)5-7(8)10/h3-5,12H,2H2,1H3,(H2,11,15). The minimum Gasteiger partial charge on any atom is -0.389 e. The summed E-state index contributed by atoms with van der Waals surface area (Å²) >= 11 is 4.67. The van der Waals surface area contributed by atoms with Gasteiger partial charge in [0.1, 0.15) is 10.8 Å². The Kier molecular flexibility index (Phi) is 3.82. The second-order valence-corrected chi connectivity index (χ2v) is 5.52. The highest BCUT2D eigenvalue weighted by atomic mass is 32.2. The highest BCUT2D eigenvalue weighted by Crippen LogP contribution is 2.17. The molecule has 16 heavy (non-hydrogen) atoms. The van der Waals surface area contributed by atoms with Gasteiger partial charge >= 0.3 is 0 Å². The third-order valence-corrected chi connectivity index (χ3v) is 3.43. The van der Waals surface area contributed by atoms with Gasteiger partial charge in [-0.25, -0.2) is 12.8 Å². The molecule has 0 saturated carbocycles. The number of halogens is 1. The smallest absolute Gasteiger partial charge is 0.232 e. The van der Waals surface area contributed by atoms with Crippen LogP contribution in [-0.4, -0.2) is 19.2 Å². The second kappa shape index (κ2) is 4.75. The van der Waals surface area contributed by atoms with E-state index in [-0.39, 0.29) is 16.4 Å². The lowest BCUT2D eigenvalue weighted by atomic mass is 10.2. The number of thiocarbonyl (C=S) groups is 1. The maximum Gasteiger partial charge on any atom is 0.232 e. The van der Waals surface area contributed by atoms with Crippen LogP contribution in [0.15, 0.2) is 18.2 Å². The molecule has 0 amide bonds. The van der Waals surface area contributed by atoms with Crippen molar-refractivity contribution in [3.8, 4) is 0 Å². The summed E-state index contributed by atoms with van der Waals surface area (Å²) in [6.45, 7) is 1.46. The molecule has 0 heterocycles. The summed E-state index contributed by atoms with van der Waals surface area (Å²) in [5.41, 5.74) is 5.56. The fourth-order valence-corrected chi connectivity index (χ4v) is 1.76. The van der Waals surface area contributed by atoms with Gasteiger partial charge in [0.05, 0.1) is 11.4 Å². The van der Waals surface area contributed by atoms with Gasteiger partial charge in [-0.15, -0.1) is 0 Å². The molecule has 1 aromatic rings. The Bertz CT molecular complexity index is 514. The van der Waals surface area contributed by atoms with Gasteiger partial charge < -0.3 is 5.73 Å². The number of hydrogen-bond donors (Lipinski definition) is 2. The normalized spacial score (nSPS) is 11.1. The van der Waals surface area contributed by atoms with Crippen LogP contribution < -0.4 is 10.5 Å². The second-order valence-electron chi connectivity index (χ2n) is 3.06. The first-order chi connectivity index (χ1) is 7.35. The van der Waals surface area contributed by atoms with E-state index in [1.54, 1.807) is 0 Å². The summed E-state index contributed by atoms with van der Waals surface area (Å²) in [4.78, 5) is 0.0591. The Balaban J connectivity index is 3.05. The summed E-state index contributed by atoms with van der Waals surface area (Å²) < 4.78 is 38.0. The Labute approximate surface area is 98.7 Å². The van der Waals surface area contributed by atoms with Crippen molar-refractivity contribution in [1.29, 1.82) is 0 Å². The summed E-state index contributed by atoms with van der Waals surface area (Å²) in [5.74, 6) is -0.828. The largest absolute Gasteiger partial charge is 0.389 e. The van der Waals surface area contributed by atoms with E-state index in [0.29, 0.717) is 5.56 Å². The number of rotatable bonds is 4. The van der Waals surface area contributed by atoms with Crippen LogP contribution in [0.1, 0.15) is 12.5 Å². The zero-order valence-electron chi connectivity index (χ0n) is 8.53. The lowest BCUT2D eigenvalue weighted by molar-refractivity contribution is 0.599. The van der Waals surface area contributed by atoms with Crippen LogP contribution in [0.4, 0.5) is 10.1 Å². The minimum atomic E-state index is -3.48. The highest BCUT2D eigenvalue weighted by Gasteiger charge is 2.11. The fraction of sp³-hybridized carbons (Fsp3) is 0.222. The lowest BCUT2D eigenvalue weighted by Crippen LogP contribution is -2.16. The molecule has 0 saturated heterocycles. The molecular weight excluding hydrogens is 251 g/mol. The van der Waals surface area contributed by atoms with Gasteiger partial charge in [-0.1, -0.05) is 12.2 Å². The van der Waals surface area contributed by atoms with Crippen molar-refractivity contribution in [2.75, 3.05) is 10.5 Å². The molecule has 0 radical (unpaired) electrons. The Morgan fingerprint density at radius 2 is 2.19 bits per heavy atom. The van der Waals surface area contributed by atoms with Crippen LogP contribution in [0.3, 0.4) is 0 Å². The summed E-state index contributed by atoms with van der Waals surface area (Å²) in [5, 5.41) is 0. The molecule has 0 aliphatic carbocycles. The first-order valence-electron chi connectivity index (χ1n) is 4.45. The van der Waals surface area contributed by atoms with Crippen molar-refractivity contribution in [1.82, 2.24) is 0 Å². The van der Waals surface area contributed by atoms with E-state index in [2.05, 4.69) is 16.9 Å². The van der Waals surface area contributed by atoms with E-state index < -0.39 is 15.8 Å². The first-order valence-corrected chi connectivity index (χ1v) is 6.51. The molecule has 4 nitrogen and oxygen atoms in total. The van der Waals surface area contributed by atoms with E-state index in [1.165, 1.54) is 19.1 Å². The SMILES string of the molecule is CCS(=O)(=O)Nc1ccc(C(N)=S)cc1F. The van der Waals surface area contributed by atoms with Crippen molar-refractivity contribution in [3.05, 3.63) is 29.6 Å². The molecule has 3 N–H and O–H groups in total. The van der Waals surface area contributed by atoms with E-state index >= 15 is 0 Å². The van der Waals surface area contributed by atoms with Crippen molar-refractivity contribution >= 4 is 32.9 Å². The number of hydrogen-bond acceptors (Lipinski definition) is 3. The van der Waals surface area contributed by atoms with Crippen LogP contribution in [-0.2, 0) is 10.0 Å². The first kappa shape index (κ1) is 12.9. The molecule has 88 valence electrons. The number of anilines is 1. The monoisotopic (exact) mass is 262 g/mol. The molecular formula is C9H11FN2O2S2. The molecule has 0 atom stereocenters. The molecule has 1 aromatic carbocycles. The topological polar surface area (TPSA) is 72.2 Å². The average molecular weight is 262 g/mol. The third kappa shape index (κ3) is 3.14. The van der Waals surface area contributed by atoms with Gasteiger partial charge in [0.2, 0.25) is 10.0 Å². The summed E-state index contributed by atoms with van der Waals surface area (Å²) in [6, 6.07) is 3.84. The maximum atomic E-state index is 13.4. The zero-order chi connectivity index (χ0) is 12.3. The highest BCUT2D eigenvalue weighted by molar-refractivity contribution is 7.92. The van der Waals surface area contributed by atoms with Gasteiger partial charge in [-0.05, 0) is 25.1 Å². The average Bonchev–Trinajstić information content (AvgIpc) is 2.20. The van der Waals surface area contributed by atoms with Crippen molar-refractivity contribution in [2.45, 2.75) is 6.92 Å². The Morgan fingerprint density at radius 3 is 2.62 bits per heavy atom. The predicted octanol–water partition coefficient (Wildman–Crippen LogP) is 1.22. The van der Waals surface area contributed by atoms with Crippen LogP contribution in [0.2, 0.25) is 0 Å². The van der Waals surface area contributed by atoms with Crippen LogP contribution >= 0.6 is 12.2 Å². The van der Waals surface area contributed by atoms with Gasteiger partial charge in [0, 0.05) is 5.56 Å². The molecule has 1 rings (SSSR count). The molecule has 0 aromatic heterocycles. The van der Waals surface area contributed by atoms with Gasteiger partial charge in [0.25, 0.3) is 0 Å². The van der Waals surface area contributed by atoms with E-state index in [4.69, 9.17) is 5.73 Å². The van der Waals surface area contributed by atoms with Crippen molar-refractivity contribution < 1.29 is 12.8 Å². The third-order valence-electron chi connectivity index (χ3n) is 1.90. The molecule has 0 fully saturated rings. The Hall–Kier alpha value is -1.21. The quantitative estimate of drug-likeness (QED) is 0.800. The van der Waals surface area contributed by atoms with Crippen molar-refractivity contribution in [3.63, 3.8) is 0 Å². The van der Waals surface area contributed by atoms with Crippen LogP contribution in [0.25, 0.3) is 0 Å². The van der Waals surface area contributed by atoms with Gasteiger partial charge in [0.15, 0.2) is 0 Å². The molecule has 0 aliphatic heterocycles. The molecule has 0 aliphatic rings. The summed E-state index contributed by atoms with van der Waals surface area (Å²) in [6.07, 6.45) is 0. The number of benzene rings is 1.